The van der Waals surface area contributed by atoms with Crippen LogP contribution in [0.2, 0.25) is 0 Å². The van der Waals surface area contributed by atoms with Gasteiger partial charge in [-0.05, 0) is 68.0 Å². The van der Waals surface area contributed by atoms with E-state index in [4.69, 9.17) is 4.74 Å². The van der Waals surface area contributed by atoms with Crippen LogP contribution in [0.4, 0.5) is 23.2 Å². The first-order valence-corrected chi connectivity index (χ1v) is 11.6. The summed E-state index contributed by atoms with van der Waals surface area (Å²) in [5, 5.41) is 2.52. The van der Waals surface area contributed by atoms with Gasteiger partial charge < -0.3 is 14.6 Å². The highest BCUT2D eigenvalue weighted by Gasteiger charge is 2.35. The standard InChI is InChI=1S/C26H27F4N3O2/c1-3-16(2)33-19(11-13-35-20-10-12-31-24(27)15-20)7-9-23(33)25(34)32-22-14-18(17-4-5-17)6-8-21(22)26(28,29)30/h6-10,12,14-17H,3-5,11,13H2,1-2H3,(H,32,34)/t16-/m0/s1. The van der Waals surface area contributed by atoms with Gasteiger partial charge in [0.2, 0.25) is 5.95 Å². The zero-order valence-electron chi connectivity index (χ0n) is 19.5. The van der Waals surface area contributed by atoms with Gasteiger partial charge in [-0.3, -0.25) is 4.79 Å². The summed E-state index contributed by atoms with van der Waals surface area (Å²) < 4.78 is 61.6. The Balaban J connectivity index is 1.56. The van der Waals surface area contributed by atoms with Gasteiger partial charge in [-0.15, -0.1) is 0 Å². The number of amides is 1. The molecule has 1 amide bonds. The lowest BCUT2D eigenvalue weighted by molar-refractivity contribution is -0.136. The van der Waals surface area contributed by atoms with Gasteiger partial charge in [0.15, 0.2) is 0 Å². The van der Waals surface area contributed by atoms with Crippen molar-refractivity contribution in [1.82, 2.24) is 9.55 Å². The van der Waals surface area contributed by atoms with E-state index in [9.17, 15) is 22.4 Å². The number of aromatic nitrogens is 2. The molecule has 4 rings (SSSR count). The Morgan fingerprint density at radius 1 is 1.20 bits per heavy atom. The number of rotatable bonds is 9. The maximum absolute atomic E-state index is 13.6. The Bertz CT molecular complexity index is 1200. The maximum Gasteiger partial charge on any atom is 0.418 e. The number of hydrogen-bond donors (Lipinski definition) is 1. The van der Waals surface area contributed by atoms with Crippen LogP contribution in [0, 0.1) is 5.95 Å². The molecule has 5 nitrogen and oxygen atoms in total. The molecule has 1 aliphatic rings. The zero-order valence-corrected chi connectivity index (χ0v) is 19.5. The molecule has 2 heterocycles. The van der Waals surface area contributed by atoms with Gasteiger partial charge in [0, 0.05) is 30.4 Å². The molecule has 0 unspecified atom stereocenters. The average molecular weight is 490 g/mol. The van der Waals surface area contributed by atoms with E-state index in [2.05, 4.69) is 10.3 Å². The predicted octanol–water partition coefficient (Wildman–Crippen LogP) is 6.76. The molecular weight excluding hydrogens is 462 g/mol. The third-order valence-electron chi connectivity index (χ3n) is 6.24. The first kappa shape index (κ1) is 24.8. The van der Waals surface area contributed by atoms with Gasteiger partial charge in [0.1, 0.15) is 11.4 Å². The third-order valence-corrected chi connectivity index (χ3v) is 6.24. The Hall–Kier alpha value is -3.36. The number of carbonyl (C=O) groups excluding carboxylic acids is 1. The molecule has 0 saturated heterocycles. The van der Waals surface area contributed by atoms with E-state index in [0.717, 1.165) is 30.2 Å². The first-order chi connectivity index (χ1) is 16.7. The SMILES string of the molecule is CC[C@H](C)n1c(CCOc2ccnc(F)c2)ccc1C(=O)Nc1cc(C2CC2)ccc1C(F)(F)F. The van der Waals surface area contributed by atoms with E-state index in [1.54, 1.807) is 18.2 Å². The van der Waals surface area contributed by atoms with Crippen molar-refractivity contribution in [2.24, 2.45) is 0 Å². The van der Waals surface area contributed by atoms with Crippen LogP contribution in [0.5, 0.6) is 5.75 Å². The molecule has 0 bridgehead atoms. The van der Waals surface area contributed by atoms with Crippen molar-refractivity contribution in [3.63, 3.8) is 0 Å². The van der Waals surface area contributed by atoms with Crippen LogP contribution in [0.25, 0.3) is 0 Å². The molecule has 1 aliphatic carbocycles. The average Bonchev–Trinajstić information content (AvgIpc) is 3.57. The van der Waals surface area contributed by atoms with E-state index >= 15 is 0 Å². The molecule has 0 spiro atoms. The highest BCUT2D eigenvalue weighted by atomic mass is 19.4. The number of halogens is 4. The molecule has 9 heteroatoms. The summed E-state index contributed by atoms with van der Waals surface area (Å²) in [6.45, 7) is 4.13. The lowest BCUT2D eigenvalue weighted by Gasteiger charge is -2.20. The number of pyridine rings is 1. The summed E-state index contributed by atoms with van der Waals surface area (Å²) in [4.78, 5) is 16.7. The highest BCUT2D eigenvalue weighted by molar-refractivity contribution is 6.04. The van der Waals surface area contributed by atoms with E-state index in [0.29, 0.717) is 18.6 Å². The highest BCUT2D eigenvalue weighted by Crippen LogP contribution is 2.43. The van der Waals surface area contributed by atoms with Crippen LogP contribution in [0.1, 0.15) is 72.4 Å². The maximum atomic E-state index is 13.6. The van der Waals surface area contributed by atoms with E-state index in [1.165, 1.54) is 24.4 Å². The van der Waals surface area contributed by atoms with Crippen LogP contribution in [0.15, 0.2) is 48.7 Å². The van der Waals surface area contributed by atoms with Crippen LogP contribution in [-0.4, -0.2) is 22.1 Å². The van der Waals surface area contributed by atoms with Crippen LogP contribution >= 0.6 is 0 Å². The van der Waals surface area contributed by atoms with Gasteiger partial charge >= 0.3 is 6.18 Å². The Labute approximate surface area is 201 Å². The molecule has 186 valence electrons. The Kier molecular flexibility index (Phi) is 7.14. The van der Waals surface area contributed by atoms with E-state index in [1.807, 2.05) is 18.4 Å². The van der Waals surface area contributed by atoms with Crippen molar-refractivity contribution in [2.75, 3.05) is 11.9 Å². The summed E-state index contributed by atoms with van der Waals surface area (Å²) in [5.41, 5.74) is 0.774. The minimum atomic E-state index is -4.58. The minimum Gasteiger partial charge on any atom is -0.493 e. The van der Waals surface area contributed by atoms with Gasteiger partial charge in [-0.25, -0.2) is 4.98 Å². The Morgan fingerprint density at radius 2 is 1.97 bits per heavy atom. The third kappa shape index (κ3) is 5.83. The van der Waals surface area contributed by atoms with Gasteiger partial charge in [0.25, 0.3) is 5.91 Å². The molecule has 35 heavy (non-hydrogen) atoms. The molecule has 1 N–H and O–H groups in total. The number of ether oxygens (including phenoxy) is 1. The number of carbonyl (C=O) groups is 1. The van der Waals surface area contributed by atoms with E-state index < -0.39 is 23.6 Å². The van der Waals surface area contributed by atoms with Gasteiger partial charge in [-0.2, -0.15) is 17.6 Å². The number of anilines is 1. The minimum absolute atomic E-state index is 0.0704. The molecule has 1 saturated carbocycles. The largest absolute Gasteiger partial charge is 0.493 e. The topological polar surface area (TPSA) is 56.2 Å². The second-order valence-corrected chi connectivity index (χ2v) is 8.78. The molecular formula is C26H27F4N3O2. The lowest BCUT2D eigenvalue weighted by Crippen LogP contribution is -2.22. The Morgan fingerprint density at radius 3 is 2.63 bits per heavy atom. The summed E-state index contributed by atoms with van der Waals surface area (Å²) in [5.74, 6) is -0.662. The van der Waals surface area contributed by atoms with Crippen molar-refractivity contribution in [3.8, 4) is 5.75 Å². The number of alkyl halides is 3. The molecule has 2 aromatic heterocycles. The summed E-state index contributed by atoms with van der Waals surface area (Å²) >= 11 is 0. The second-order valence-electron chi connectivity index (χ2n) is 8.78. The fourth-order valence-electron chi connectivity index (χ4n) is 4.10. The number of hydrogen-bond acceptors (Lipinski definition) is 3. The van der Waals surface area contributed by atoms with Crippen molar-refractivity contribution < 1.29 is 27.1 Å². The normalized spacial score (nSPS) is 14.6. The summed E-state index contributed by atoms with van der Waals surface area (Å²) in [6.07, 6.45) is -0.267. The fourth-order valence-corrected chi connectivity index (χ4v) is 4.10. The molecule has 1 atom stereocenters. The quantitative estimate of drug-likeness (QED) is 0.267. The molecule has 1 fully saturated rings. The van der Waals surface area contributed by atoms with Gasteiger partial charge in [0.05, 0.1) is 17.9 Å². The van der Waals surface area contributed by atoms with Crippen molar-refractivity contribution >= 4 is 11.6 Å². The van der Waals surface area contributed by atoms with Crippen molar-refractivity contribution in [1.29, 1.82) is 0 Å². The zero-order chi connectivity index (χ0) is 25.2. The summed E-state index contributed by atoms with van der Waals surface area (Å²) in [7, 11) is 0. The first-order valence-electron chi connectivity index (χ1n) is 11.6. The monoisotopic (exact) mass is 489 g/mol. The summed E-state index contributed by atoms with van der Waals surface area (Å²) in [6, 6.07) is 10.0. The van der Waals surface area contributed by atoms with Crippen molar-refractivity contribution in [2.45, 2.75) is 57.7 Å². The van der Waals surface area contributed by atoms with Gasteiger partial charge in [-0.1, -0.05) is 13.0 Å². The molecule has 0 aliphatic heterocycles. The van der Waals surface area contributed by atoms with Crippen LogP contribution in [-0.2, 0) is 12.6 Å². The fraction of sp³-hybridized carbons (Fsp3) is 0.385. The van der Waals surface area contributed by atoms with Crippen molar-refractivity contribution in [3.05, 3.63) is 77.1 Å². The number of nitrogens with zero attached hydrogens (tertiary/aromatic N) is 2. The number of benzene rings is 1. The molecule has 0 radical (unpaired) electrons. The van der Waals surface area contributed by atoms with Crippen LogP contribution in [0.3, 0.4) is 0 Å². The predicted molar refractivity (Wildman–Crippen MR) is 124 cm³/mol. The second kappa shape index (κ2) is 10.1. The van der Waals surface area contributed by atoms with E-state index in [-0.39, 0.29) is 29.9 Å². The lowest BCUT2D eigenvalue weighted by atomic mass is 10.0. The molecule has 3 aromatic rings. The van der Waals surface area contributed by atoms with Crippen LogP contribution < -0.4 is 10.1 Å². The molecule has 1 aromatic carbocycles. The smallest absolute Gasteiger partial charge is 0.418 e. The number of nitrogens with one attached hydrogen (secondary N) is 1.